The van der Waals surface area contributed by atoms with E-state index < -0.39 is 10.0 Å². The van der Waals surface area contributed by atoms with Crippen molar-refractivity contribution in [2.45, 2.75) is 31.1 Å². The number of carbonyl (C=O) groups excluding carboxylic acids is 1. The zero-order valence-electron chi connectivity index (χ0n) is 14.5. The second kappa shape index (κ2) is 8.06. The fourth-order valence-corrected chi connectivity index (χ4v) is 5.06. The number of nitrogens with one attached hydrogen (secondary N) is 1. The maximum Gasteiger partial charge on any atom is 0.255 e. The number of aryl methyl sites for hydroxylation is 1. The molecular formula is C19H21IN2O3S. The molecule has 2 aromatic carbocycles. The van der Waals surface area contributed by atoms with Crippen LogP contribution in [0, 0.1) is 10.5 Å². The van der Waals surface area contributed by atoms with Crippen LogP contribution >= 0.6 is 22.6 Å². The number of carbonyl (C=O) groups is 1. The van der Waals surface area contributed by atoms with Crippen molar-refractivity contribution in [3.8, 4) is 0 Å². The molecule has 0 saturated carbocycles. The highest BCUT2D eigenvalue weighted by molar-refractivity contribution is 14.1. The fraction of sp³-hybridized carbons (Fsp3) is 0.316. The summed E-state index contributed by atoms with van der Waals surface area (Å²) in [5.74, 6) is -0.251. The van der Waals surface area contributed by atoms with E-state index in [-0.39, 0.29) is 10.8 Å². The topological polar surface area (TPSA) is 66.5 Å². The van der Waals surface area contributed by atoms with Crippen molar-refractivity contribution < 1.29 is 13.2 Å². The van der Waals surface area contributed by atoms with Crippen LogP contribution in [0.5, 0.6) is 0 Å². The number of rotatable bonds is 4. The second-order valence-corrected chi connectivity index (χ2v) is 9.59. The average Bonchev–Trinajstić information content (AvgIpc) is 2.64. The van der Waals surface area contributed by atoms with Gasteiger partial charge in [-0.2, -0.15) is 4.31 Å². The van der Waals surface area contributed by atoms with E-state index >= 15 is 0 Å². The maximum atomic E-state index is 12.9. The van der Waals surface area contributed by atoms with E-state index in [9.17, 15) is 13.2 Å². The summed E-state index contributed by atoms with van der Waals surface area (Å²) < 4.78 is 28.2. The molecular weight excluding hydrogens is 463 g/mol. The van der Waals surface area contributed by atoms with Crippen molar-refractivity contribution in [2.24, 2.45) is 0 Å². The average molecular weight is 484 g/mol. The quantitative estimate of drug-likeness (QED) is 0.667. The molecule has 0 bridgehead atoms. The van der Waals surface area contributed by atoms with E-state index in [0.717, 1.165) is 28.4 Å². The van der Waals surface area contributed by atoms with Gasteiger partial charge in [0.15, 0.2) is 0 Å². The molecule has 0 radical (unpaired) electrons. The van der Waals surface area contributed by atoms with Crippen LogP contribution in [0.3, 0.4) is 0 Å². The Hall–Kier alpha value is -1.45. The van der Waals surface area contributed by atoms with Crippen LogP contribution in [0.15, 0.2) is 47.4 Å². The lowest BCUT2D eigenvalue weighted by Gasteiger charge is -2.26. The lowest BCUT2D eigenvalue weighted by molar-refractivity contribution is 0.102. The zero-order chi connectivity index (χ0) is 18.7. The number of hydrogen-bond acceptors (Lipinski definition) is 3. The highest BCUT2D eigenvalue weighted by Gasteiger charge is 2.26. The number of benzene rings is 2. The van der Waals surface area contributed by atoms with Crippen LogP contribution in [-0.4, -0.2) is 31.7 Å². The summed E-state index contributed by atoms with van der Waals surface area (Å²) >= 11 is 2.15. The predicted octanol–water partition coefficient (Wildman–Crippen LogP) is 4.03. The highest BCUT2D eigenvalue weighted by Crippen LogP contribution is 2.25. The van der Waals surface area contributed by atoms with Crippen molar-refractivity contribution in [3.05, 3.63) is 57.2 Å². The number of hydrogen-bond donors (Lipinski definition) is 1. The van der Waals surface area contributed by atoms with Crippen LogP contribution in [0.2, 0.25) is 0 Å². The number of nitrogens with zero attached hydrogens (tertiary/aromatic N) is 1. The van der Waals surface area contributed by atoms with Crippen LogP contribution in [0.25, 0.3) is 0 Å². The molecule has 1 saturated heterocycles. The first-order valence-electron chi connectivity index (χ1n) is 8.55. The molecule has 1 aliphatic rings. The first kappa shape index (κ1) is 19.3. The van der Waals surface area contributed by atoms with Crippen molar-refractivity contribution >= 4 is 44.2 Å². The molecule has 1 aliphatic heterocycles. The SMILES string of the molecule is Cc1ccc(S(=O)(=O)N2CCCCC2)cc1NC(=O)c1cccc(I)c1. The molecule has 0 aliphatic carbocycles. The van der Waals surface area contributed by atoms with E-state index in [1.54, 1.807) is 30.3 Å². The fourth-order valence-electron chi connectivity index (χ4n) is 2.97. The lowest BCUT2D eigenvalue weighted by Crippen LogP contribution is -2.35. The molecule has 0 atom stereocenters. The maximum absolute atomic E-state index is 12.9. The Kier molecular flexibility index (Phi) is 5.99. The molecule has 1 fully saturated rings. The largest absolute Gasteiger partial charge is 0.322 e. The molecule has 2 aromatic rings. The van der Waals surface area contributed by atoms with Crippen LogP contribution in [0.4, 0.5) is 5.69 Å². The number of halogens is 1. The molecule has 138 valence electrons. The Morgan fingerprint density at radius 3 is 2.50 bits per heavy atom. The van der Waals surface area contributed by atoms with Crippen LogP contribution < -0.4 is 5.32 Å². The minimum atomic E-state index is -3.53. The monoisotopic (exact) mass is 484 g/mol. The summed E-state index contributed by atoms with van der Waals surface area (Å²) in [6, 6.07) is 12.2. The summed E-state index contributed by atoms with van der Waals surface area (Å²) in [6.45, 7) is 2.96. The van der Waals surface area contributed by atoms with Gasteiger partial charge in [-0.3, -0.25) is 4.79 Å². The van der Waals surface area contributed by atoms with E-state index in [1.165, 1.54) is 4.31 Å². The summed E-state index contributed by atoms with van der Waals surface area (Å²) in [6.07, 6.45) is 2.85. The Balaban J connectivity index is 1.87. The predicted molar refractivity (Wildman–Crippen MR) is 111 cm³/mol. The van der Waals surface area contributed by atoms with Crippen LogP contribution in [0.1, 0.15) is 35.2 Å². The number of amides is 1. The molecule has 1 heterocycles. The third-order valence-electron chi connectivity index (χ3n) is 4.50. The second-order valence-electron chi connectivity index (χ2n) is 6.41. The lowest BCUT2D eigenvalue weighted by atomic mass is 10.1. The van der Waals surface area contributed by atoms with Gasteiger partial charge in [-0.25, -0.2) is 8.42 Å². The molecule has 5 nitrogen and oxygen atoms in total. The zero-order valence-corrected chi connectivity index (χ0v) is 17.5. The Morgan fingerprint density at radius 2 is 1.81 bits per heavy atom. The molecule has 26 heavy (non-hydrogen) atoms. The van der Waals surface area contributed by atoms with Crippen molar-refractivity contribution in [1.29, 1.82) is 0 Å². The van der Waals surface area contributed by atoms with Gasteiger partial charge in [0, 0.05) is 27.9 Å². The third-order valence-corrected chi connectivity index (χ3v) is 7.06. The van der Waals surface area contributed by atoms with Gasteiger partial charge in [0.05, 0.1) is 4.90 Å². The molecule has 0 spiro atoms. The smallest absolute Gasteiger partial charge is 0.255 e. The molecule has 1 amide bonds. The molecule has 3 rings (SSSR count). The van der Waals surface area contributed by atoms with Gasteiger partial charge in [0.1, 0.15) is 0 Å². The molecule has 7 heteroatoms. The number of sulfonamides is 1. The van der Waals surface area contributed by atoms with E-state index in [4.69, 9.17) is 0 Å². The van der Waals surface area contributed by atoms with Crippen LogP contribution in [-0.2, 0) is 10.0 Å². The van der Waals surface area contributed by atoms with Gasteiger partial charge in [0.2, 0.25) is 10.0 Å². The van der Waals surface area contributed by atoms with Gasteiger partial charge in [0.25, 0.3) is 5.91 Å². The van der Waals surface area contributed by atoms with Crippen molar-refractivity contribution in [1.82, 2.24) is 4.31 Å². The van der Waals surface area contributed by atoms with Crippen molar-refractivity contribution in [3.63, 3.8) is 0 Å². The van der Waals surface area contributed by atoms with E-state index in [1.807, 2.05) is 19.1 Å². The van der Waals surface area contributed by atoms with Gasteiger partial charge in [-0.05, 0) is 78.3 Å². The van der Waals surface area contributed by atoms with E-state index in [2.05, 4.69) is 27.9 Å². The summed E-state index contributed by atoms with van der Waals surface area (Å²) in [5.41, 5.74) is 1.88. The Bertz CT molecular complexity index is 922. The number of piperidine rings is 1. The summed E-state index contributed by atoms with van der Waals surface area (Å²) in [5, 5.41) is 2.84. The van der Waals surface area contributed by atoms with Gasteiger partial charge < -0.3 is 5.32 Å². The normalized spacial score (nSPS) is 15.6. The van der Waals surface area contributed by atoms with E-state index in [0.29, 0.717) is 24.3 Å². The summed E-state index contributed by atoms with van der Waals surface area (Å²) in [7, 11) is -3.53. The number of anilines is 1. The van der Waals surface area contributed by atoms with Gasteiger partial charge in [-0.15, -0.1) is 0 Å². The standard InChI is InChI=1S/C19H21IN2O3S/c1-14-8-9-17(26(24,25)22-10-3-2-4-11-22)13-18(14)21-19(23)15-6-5-7-16(20)12-15/h5-9,12-13H,2-4,10-11H2,1H3,(H,21,23). The summed E-state index contributed by atoms with van der Waals surface area (Å²) in [4.78, 5) is 12.7. The minimum absolute atomic E-state index is 0.225. The minimum Gasteiger partial charge on any atom is -0.322 e. The Labute approximate surface area is 168 Å². The highest BCUT2D eigenvalue weighted by atomic mass is 127. The van der Waals surface area contributed by atoms with Gasteiger partial charge >= 0.3 is 0 Å². The first-order valence-corrected chi connectivity index (χ1v) is 11.1. The third kappa shape index (κ3) is 4.27. The Morgan fingerprint density at radius 1 is 1.08 bits per heavy atom. The molecule has 0 aromatic heterocycles. The van der Waals surface area contributed by atoms with Crippen molar-refractivity contribution in [2.75, 3.05) is 18.4 Å². The molecule has 1 N–H and O–H groups in total. The molecule has 0 unspecified atom stereocenters. The first-order chi connectivity index (χ1) is 12.4. The van der Waals surface area contributed by atoms with Gasteiger partial charge in [-0.1, -0.05) is 18.6 Å².